The van der Waals surface area contributed by atoms with E-state index in [1.807, 2.05) is 0 Å². The van der Waals surface area contributed by atoms with Crippen LogP contribution in [0.1, 0.15) is 5.71 Å². The number of hydrogen-bond donors (Lipinski definition) is 2. The van der Waals surface area contributed by atoms with Gasteiger partial charge in [0, 0.05) is 34.1 Å². The van der Waals surface area contributed by atoms with E-state index in [1.165, 1.54) is 0 Å². The third-order valence-corrected chi connectivity index (χ3v) is 0. The van der Waals surface area contributed by atoms with Gasteiger partial charge in [-0.05, 0) is 0 Å². The van der Waals surface area contributed by atoms with Crippen LogP contribution in [-0.4, -0.2) is 79.6 Å². The molecule has 0 saturated heterocycles. The van der Waals surface area contributed by atoms with Gasteiger partial charge in [-0.15, -0.1) is 0 Å². The molecule has 2 N–H and O–H groups in total. The van der Waals surface area contributed by atoms with Crippen molar-refractivity contribution in [3.05, 3.63) is 0 Å². The zero-order valence-corrected chi connectivity index (χ0v) is 10.9. The molecule has 0 rings (SSSR count). The maximum atomic E-state index is 8.74. The molecule has 0 bridgehead atoms. The largest absolute Gasteiger partial charge is 2.00 e. The van der Waals surface area contributed by atoms with Gasteiger partial charge in [0.2, 0.25) is 0 Å². The second-order valence-corrected chi connectivity index (χ2v) is 0.848. The Hall–Kier alpha value is 2.68. The van der Waals surface area contributed by atoms with Gasteiger partial charge in [0.25, 0.3) is 0 Å². The van der Waals surface area contributed by atoms with E-state index >= 15 is 0 Å². The summed E-state index contributed by atoms with van der Waals surface area (Å²) in [5.74, 6) is 0. The first kappa shape index (κ1) is 31.0. The maximum absolute atomic E-state index is 8.74. The van der Waals surface area contributed by atoms with E-state index in [0.717, 1.165) is 0 Å². The molecule has 0 aromatic heterocycles. The summed E-state index contributed by atoms with van der Waals surface area (Å²) in [5.41, 5.74) is 0. The van der Waals surface area contributed by atoms with Crippen LogP contribution >= 0.6 is 0 Å². The van der Waals surface area contributed by atoms with Gasteiger partial charge in [-0.3, -0.25) is 4.46 Å². The molecule has 1 radical (unpaired) electrons. The van der Waals surface area contributed by atoms with Crippen LogP contribution in [0, 0.1) is 0 Å². The molecule has 0 aromatic carbocycles. The van der Waals surface area contributed by atoms with Crippen molar-refractivity contribution in [1.29, 1.82) is 0 Å². The first-order valence-corrected chi connectivity index (χ1v) is 1.95. The molecule has 0 spiro atoms. The van der Waals surface area contributed by atoms with Crippen LogP contribution in [0.5, 0.6) is 0 Å². The first-order valence-electron chi connectivity index (χ1n) is 0.651. The Kier molecular flexibility index (Phi) is 87.6. The van der Waals surface area contributed by atoms with Crippen LogP contribution in [0.15, 0.2) is 0 Å². The van der Waals surface area contributed by atoms with E-state index in [0.29, 0.717) is 0 Å². The predicted molar refractivity (Wildman–Crippen MR) is 26.8 cm³/mol. The molecule has 47 valence electrons. The summed E-state index contributed by atoms with van der Waals surface area (Å²) in [7, 11) is -3.13. The smallest absolute Gasteiger partial charge is 1.00 e. The maximum Gasteiger partial charge on any atom is 2.00 e. The fraction of sp³-hybridized carbons (Fsp3) is 0. The Bertz CT molecular complexity index is 53.3. The summed E-state index contributed by atoms with van der Waals surface area (Å²) in [6.45, 7) is 0. The summed E-state index contributed by atoms with van der Waals surface area (Å²) in [6, 6.07) is 0. The molecule has 0 saturated carbocycles. The molecular formula is H6CaFeMgMnO3Si. The molecule has 3 nitrogen and oxygen atoms in total. The van der Waals surface area contributed by atoms with E-state index in [-0.39, 0.29) is 101 Å². The molecule has 0 unspecified atom stereocenters. The molecule has 8 heavy (non-hydrogen) atoms. The van der Waals surface area contributed by atoms with Gasteiger partial charge in [-0.1, -0.05) is 0 Å². The summed E-state index contributed by atoms with van der Waals surface area (Å²) < 4.78 is 8.74. The average molecular weight is 257 g/mol. The van der Waals surface area contributed by atoms with Gasteiger partial charge in [0.15, 0.2) is 0 Å². The molecule has 0 atom stereocenters. The van der Waals surface area contributed by atoms with Crippen molar-refractivity contribution in [3.63, 3.8) is 0 Å². The molecule has 0 fully saturated rings. The molecule has 0 aliphatic heterocycles. The molecular weight excluding hydrogens is 251 g/mol. The van der Waals surface area contributed by atoms with Crippen molar-refractivity contribution in [1.82, 2.24) is 0 Å². The van der Waals surface area contributed by atoms with Gasteiger partial charge in [-0.25, -0.2) is 0 Å². The van der Waals surface area contributed by atoms with Gasteiger partial charge in [-0.2, -0.15) is 0 Å². The minimum atomic E-state index is -3.13. The van der Waals surface area contributed by atoms with Crippen molar-refractivity contribution < 1.29 is 53.9 Å². The van der Waals surface area contributed by atoms with Crippen molar-refractivity contribution in [3.8, 4) is 0 Å². The van der Waals surface area contributed by atoms with E-state index in [4.69, 9.17) is 14.1 Å². The minimum absolute atomic E-state index is 0. The second-order valence-electron chi connectivity index (χ2n) is 0.283. The topological polar surface area (TPSA) is 57.5 Å². The van der Waals surface area contributed by atoms with E-state index < -0.39 is 9.17 Å². The van der Waals surface area contributed by atoms with Crippen LogP contribution < -0.4 is 0 Å². The Morgan fingerprint density at radius 2 is 1.38 bits per heavy atom. The third kappa shape index (κ3) is 71.2. The SMILES string of the molecule is O=[Si](O)O.[Ca+2].[Fe].[H-].[H-].[H-].[H-].[Mg+2].[Mn]. The Labute approximate surface area is 122 Å². The summed E-state index contributed by atoms with van der Waals surface area (Å²) in [5, 5.41) is 0. The van der Waals surface area contributed by atoms with Gasteiger partial charge >= 0.3 is 70.0 Å². The standard InChI is InChI=1S/Ca.Fe.Mg.Mn.H2O3Si.4H/c;;;;1-4(2)3;;;;/h;;;;1-2H;;;;/q+2;;+2;;;4*-1. The Morgan fingerprint density at radius 1 is 1.38 bits per heavy atom. The van der Waals surface area contributed by atoms with E-state index in [2.05, 4.69) is 0 Å². The fourth-order valence-electron chi connectivity index (χ4n) is 0. The molecule has 0 aromatic rings. The Balaban J connectivity index is -0.00000000161. The molecule has 0 heterocycles. The summed E-state index contributed by atoms with van der Waals surface area (Å²) in [4.78, 5) is 14.3. The van der Waals surface area contributed by atoms with Crippen LogP contribution in [0.4, 0.5) is 0 Å². The number of hydrogen-bond acceptors (Lipinski definition) is 1. The van der Waals surface area contributed by atoms with Gasteiger partial charge in [0.05, 0.1) is 0 Å². The van der Waals surface area contributed by atoms with Crippen molar-refractivity contribution in [2.45, 2.75) is 0 Å². The summed E-state index contributed by atoms with van der Waals surface area (Å²) >= 11 is 0. The zero-order valence-electron chi connectivity index (χ0n) is 7.95. The van der Waals surface area contributed by atoms with Crippen LogP contribution in [0.2, 0.25) is 0 Å². The van der Waals surface area contributed by atoms with Crippen LogP contribution in [0.25, 0.3) is 0 Å². The van der Waals surface area contributed by atoms with Crippen molar-refractivity contribution in [2.75, 3.05) is 0 Å². The fourth-order valence-corrected chi connectivity index (χ4v) is 0. The zero-order chi connectivity index (χ0) is 3.58. The molecule has 0 aliphatic rings. The second kappa shape index (κ2) is 22.6. The minimum Gasteiger partial charge on any atom is -1.00 e. The van der Waals surface area contributed by atoms with Crippen LogP contribution in [-0.2, 0) is 38.6 Å². The van der Waals surface area contributed by atoms with E-state index in [9.17, 15) is 0 Å². The van der Waals surface area contributed by atoms with Crippen molar-refractivity contribution >= 4 is 70.0 Å². The number of rotatable bonds is 0. The first-order chi connectivity index (χ1) is 1.73. The van der Waals surface area contributed by atoms with Gasteiger partial charge in [0.1, 0.15) is 0 Å². The molecule has 8 heteroatoms. The average Bonchev–Trinajstić information content (AvgIpc) is 0.811. The van der Waals surface area contributed by atoms with Crippen LogP contribution in [0.3, 0.4) is 0 Å². The summed E-state index contributed by atoms with van der Waals surface area (Å²) in [6.07, 6.45) is 0. The van der Waals surface area contributed by atoms with Gasteiger partial charge < -0.3 is 15.3 Å². The predicted octanol–water partition coefficient (Wildman–Crippen LogP) is -1.93. The quantitative estimate of drug-likeness (QED) is 0.497. The normalized spacial score (nSPS) is 3.00. The molecule has 0 aliphatic carbocycles. The van der Waals surface area contributed by atoms with E-state index in [1.54, 1.807) is 0 Å². The third-order valence-electron chi connectivity index (χ3n) is 0. The Morgan fingerprint density at radius 3 is 1.38 bits per heavy atom. The molecule has 0 amide bonds. The van der Waals surface area contributed by atoms with Crippen molar-refractivity contribution in [2.24, 2.45) is 0 Å². The monoisotopic (exact) mass is 257 g/mol.